The summed E-state index contributed by atoms with van der Waals surface area (Å²) in [6.45, 7) is 18.4. The van der Waals surface area contributed by atoms with Gasteiger partial charge in [-0.3, -0.25) is 0 Å². The molecule has 142 valence electrons. The van der Waals surface area contributed by atoms with Crippen LogP contribution in [0.2, 0.25) is 58.9 Å². The fourth-order valence-corrected chi connectivity index (χ4v) is 103. The van der Waals surface area contributed by atoms with Crippen molar-refractivity contribution in [1.82, 2.24) is 0 Å². The lowest BCUT2D eigenvalue weighted by Gasteiger charge is -2.55. The molecule has 0 aliphatic carbocycles. The molecule has 8 heteroatoms. The summed E-state index contributed by atoms with van der Waals surface area (Å²) in [7, 11) is -5.44. The number of alkyl halides is 3. The molecule has 0 aliphatic rings. The summed E-state index contributed by atoms with van der Waals surface area (Å²) < 4.78 is 38.6. The van der Waals surface area contributed by atoms with E-state index >= 15 is 0 Å². The third-order valence-corrected chi connectivity index (χ3v) is 75.7. The SMILES string of the molecule is C[Si](C)(C)[Si](C(=O)c1ccc(C(F)(F)F)cc1)([Si](C)(C)C)[Si](C)(C)C. The smallest absolute Gasteiger partial charge is 0.301 e. The molecule has 0 spiro atoms. The number of carbonyl (C=O) groups excluding carboxylic acids is 1. The van der Waals surface area contributed by atoms with Crippen molar-refractivity contribution in [2.45, 2.75) is 65.1 Å². The van der Waals surface area contributed by atoms with Gasteiger partial charge in [0.1, 0.15) is 12.0 Å². The first-order valence-corrected chi connectivity index (χ1v) is 24.1. The lowest BCUT2D eigenvalue weighted by atomic mass is 10.1. The molecule has 0 unspecified atom stereocenters. The van der Waals surface area contributed by atoms with Gasteiger partial charge >= 0.3 is 6.18 Å². The molecule has 0 fully saturated rings. The maximum atomic E-state index is 13.9. The average molecular weight is 421 g/mol. The van der Waals surface area contributed by atoms with Crippen molar-refractivity contribution in [3.05, 3.63) is 35.4 Å². The third kappa shape index (κ3) is 3.96. The van der Waals surface area contributed by atoms with Crippen LogP contribution in [0.5, 0.6) is 0 Å². The maximum Gasteiger partial charge on any atom is 0.416 e. The number of benzene rings is 1. The summed E-state index contributed by atoms with van der Waals surface area (Å²) in [6.07, 6.45) is -4.37. The number of hydrogen-bond acceptors (Lipinski definition) is 1. The zero-order chi connectivity index (χ0) is 20.1. The molecular weight excluding hydrogens is 390 g/mol. The average Bonchev–Trinajstić information content (AvgIpc) is 2.32. The highest BCUT2D eigenvalue weighted by Crippen LogP contribution is 2.39. The minimum atomic E-state index is -4.37. The monoisotopic (exact) mass is 420 g/mol. The molecule has 0 heterocycles. The van der Waals surface area contributed by atoms with Crippen LogP contribution >= 0.6 is 0 Å². The van der Waals surface area contributed by atoms with Gasteiger partial charge in [0, 0.05) is 28.3 Å². The van der Waals surface area contributed by atoms with Crippen molar-refractivity contribution in [3.63, 3.8) is 0 Å². The number of halogens is 3. The van der Waals surface area contributed by atoms with Crippen molar-refractivity contribution >= 4 is 34.8 Å². The van der Waals surface area contributed by atoms with Gasteiger partial charge in [-0.1, -0.05) is 71.1 Å². The Morgan fingerprint density at radius 2 is 1.04 bits per heavy atom. The van der Waals surface area contributed by atoms with Gasteiger partial charge in [0.2, 0.25) is 0 Å². The first-order chi connectivity index (χ1) is 10.9. The Balaban J connectivity index is 3.65. The number of hydrogen-bond donors (Lipinski definition) is 0. The topological polar surface area (TPSA) is 17.1 Å². The van der Waals surface area contributed by atoms with Crippen LogP contribution in [0.4, 0.5) is 13.2 Å². The molecule has 0 radical (unpaired) electrons. The molecule has 25 heavy (non-hydrogen) atoms. The Bertz CT molecular complexity index is 596. The molecule has 0 saturated heterocycles. The van der Waals surface area contributed by atoms with Gasteiger partial charge in [0.05, 0.1) is 5.56 Å². The van der Waals surface area contributed by atoms with Gasteiger partial charge in [-0.25, -0.2) is 0 Å². The van der Waals surface area contributed by atoms with Gasteiger partial charge in [-0.15, -0.1) is 0 Å². The van der Waals surface area contributed by atoms with Gasteiger partial charge < -0.3 is 4.79 Å². The molecule has 0 aliphatic heterocycles. The van der Waals surface area contributed by atoms with E-state index in [0.29, 0.717) is 5.56 Å². The summed E-state index contributed by atoms with van der Waals surface area (Å²) >= 11 is 0. The molecule has 0 bridgehead atoms. The predicted molar refractivity (Wildman–Crippen MR) is 112 cm³/mol. The largest absolute Gasteiger partial charge is 0.416 e. The van der Waals surface area contributed by atoms with E-state index in [1.807, 2.05) is 0 Å². The first kappa shape index (κ1) is 22.6. The molecule has 0 saturated carbocycles. The zero-order valence-corrected chi connectivity index (χ0v) is 20.9. The van der Waals surface area contributed by atoms with Crippen molar-refractivity contribution in [3.8, 4) is 0 Å². The summed E-state index contributed by atoms with van der Waals surface area (Å²) in [5, 5.41) is 0.221. The van der Waals surface area contributed by atoms with Crippen molar-refractivity contribution < 1.29 is 18.0 Å². The summed E-state index contributed by atoms with van der Waals surface area (Å²) in [5.41, 5.74) is -0.197. The Morgan fingerprint density at radius 3 is 1.28 bits per heavy atom. The summed E-state index contributed by atoms with van der Waals surface area (Å²) in [4.78, 5) is 13.9. The highest BCUT2D eigenvalue weighted by atomic mass is 29.9. The van der Waals surface area contributed by atoms with E-state index < -0.39 is 41.1 Å². The zero-order valence-electron chi connectivity index (χ0n) is 16.9. The third-order valence-electron chi connectivity index (χ3n) is 5.19. The van der Waals surface area contributed by atoms with E-state index in [1.165, 1.54) is 12.1 Å². The van der Waals surface area contributed by atoms with Crippen LogP contribution in [0.3, 0.4) is 0 Å². The Labute approximate surface area is 153 Å². The van der Waals surface area contributed by atoms with E-state index in [9.17, 15) is 18.0 Å². The Morgan fingerprint density at radius 1 is 0.720 bits per heavy atom. The second-order valence-electron chi connectivity index (χ2n) is 9.90. The molecular formula is C17H31F3OSi4. The second-order valence-corrected chi connectivity index (χ2v) is 50.1. The molecule has 1 rings (SSSR count). The van der Waals surface area contributed by atoms with Crippen molar-refractivity contribution in [1.29, 1.82) is 0 Å². The van der Waals surface area contributed by atoms with Gasteiger partial charge in [-0.2, -0.15) is 13.2 Å². The standard InChI is InChI=1S/C17H31F3OSi4/c1-22(2,3)25(23(4,5)6,24(7,8)9)16(21)14-10-12-15(13-11-14)17(18,19)20/h10-13H,1-9H3. The lowest BCUT2D eigenvalue weighted by Crippen LogP contribution is -2.86. The van der Waals surface area contributed by atoms with Gasteiger partial charge in [-0.05, 0) is 12.1 Å². The Hall–Kier alpha value is -0.452. The minimum absolute atomic E-state index is 0.221. The highest BCUT2D eigenvalue weighted by Gasteiger charge is 2.66. The summed E-state index contributed by atoms with van der Waals surface area (Å²) in [5.74, 6) is 0. The van der Waals surface area contributed by atoms with Crippen LogP contribution < -0.4 is 0 Å². The maximum absolute atomic E-state index is 13.9. The number of rotatable bonds is 5. The van der Waals surface area contributed by atoms with Crippen LogP contribution in [-0.2, 0) is 6.18 Å². The van der Waals surface area contributed by atoms with Crippen LogP contribution in [0, 0.1) is 0 Å². The quantitative estimate of drug-likeness (QED) is 0.524. The van der Waals surface area contributed by atoms with E-state index in [1.54, 1.807) is 0 Å². The van der Waals surface area contributed by atoms with Crippen LogP contribution in [0.25, 0.3) is 0 Å². The van der Waals surface area contributed by atoms with E-state index in [0.717, 1.165) is 12.1 Å². The Kier molecular flexibility index (Phi) is 5.97. The van der Waals surface area contributed by atoms with Crippen molar-refractivity contribution in [2.24, 2.45) is 0 Å². The molecule has 1 aromatic rings. The molecule has 0 atom stereocenters. The van der Waals surface area contributed by atoms with Gasteiger partial charge in [0.15, 0.2) is 0 Å². The van der Waals surface area contributed by atoms with Gasteiger partial charge in [0.25, 0.3) is 0 Å². The predicted octanol–water partition coefficient (Wildman–Crippen LogP) is 6.13. The molecule has 1 aromatic carbocycles. The fraction of sp³-hybridized carbons (Fsp3) is 0.588. The summed E-state index contributed by atoms with van der Waals surface area (Å²) in [6, 6.07) is 4.94. The minimum Gasteiger partial charge on any atom is -0.301 e. The normalized spacial score (nSPS) is 14.6. The van der Waals surface area contributed by atoms with Crippen molar-refractivity contribution in [2.75, 3.05) is 0 Å². The molecule has 0 amide bonds. The highest BCUT2D eigenvalue weighted by molar-refractivity contribution is 7.97. The van der Waals surface area contributed by atoms with Crippen LogP contribution in [-0.4, -0.2) is 34.8 Å². The van der Waals surface area contributed by atoms with E-state index in [-0.39, 0.29) is 5.41 Å². The molecule has 0 N–H and O–H groups in total. The number of carbonyl (C=O) groups is 1. The van der Waals surface area contributed by atoms with E-state index in [2.05, 4.69) is 58.9 Å². The lowest BCUT2D eigenvalue weighted by molar-refractivity contribution is -0.137. The molecule has 1 nitrogen and oxygen atoms in total. The molecule has 0 aromatic heterocycles. The second kappa shape index (κ2) is 6.61. The fourth-order valence-electron chi connectivity index (χ4n) is 5.42. The first-order valence-electron chi connectivity index (χ1n) is 8.59. The van der Waals surface area contributed by atoms with E-state index in [4.69, 9.17) is 0 Å². The van der Waals surface area contributed by atoms with Crippen LogP contribution in [0.1, 0.15) is 15.9 Å². The van der Waals surface area contributed by atoms with Crippen LogP contribution in [0.15, 0.2) is 24.3 Å².